The van der Waals surface area contributed by atoms with E-state index in [9.17, 15) is 9.59 Å². The molecule has 0 aromatic rings. The van der Waals surface area contributed by atoms with Crippen LogP contribution in [-0.4, -0.2) is 36.7 Å². The van der Waals surface area contributed by atoms with Crippen LogP contribution in [-0.2, 0) is 19.1 Å². The van der Waals surface area contributed by atoms with Gasteiger partial charge in [-0.1, -0.05) is 70.4 Å². The average Bonchev–Trinajstić information content (AvgIpc) is 2.70. The first-order valence-electron chi connectivity index (χ1n) is 11.7. The summed E-state index contributed by atoms with van der Waals surface area (Å²) in [4.78, 5) is 22.2. The number of ether oxygens (including phenoxy) is 2. The van der Waals surface area contributed by atoms with E-state index in [4.69, 9.17) is 9.47 Å². The maximum absolute atomic E-state index is 11.6. The van der Waals surface area contributed by atoms with Crippen molar-refractivity contribution in [1.82, 2.24) is 0 Å². The second-order valence-electron chi connectivity index (χ2n) is 7.51. The molecule has 0 saturated heterocycles. The first-order chi connectivity index (χ1) is 14.2. The number of carbonyl (C=O) groups is 2. The van der Waals surface area contributed by atoms with Crippen molar-refractivity contribution in [3.63, 3.8) is 0 Å². The van der Waals surface area contributed by atoms with Gasteiger partial charge in [-0.25, -0.2) is 0 Å². The highest BCUT2D eigenvalue weighted by atomic mass is 32.2. The third-order valence-corrected chi connectivity index (χ3v) is 5.58. The molecule has 0 atom stereocenters. The lowest BCUT2D eigenvalue weighted by Crippen LogP contribution is -2.08. The van der Waals surface area contributed by atoms with Gasteiger partial charge in [-0.2, -0.15) is 11.8 Å². The normalized spacial score (nSPS) is 11.1. The zero-order valence-corrected chi connectivity index (χ0v) is 19.7. The molecule has 0 aromatic heterocycles. The molecule has 0 heterocycles. The number of esters is 2. The van der Waals surface area contributed by atoms with Gasteiger partial charge in [0.25, 0.3) is 0 Å². The number of rotatable bonds is 21. The first kappa shape index (κ1) is 28.0. The Morgan fingerprint density at radius 2 is 1.24 bits per heavy atom. The van der Waals surface area contributed by atoms with Crippen LogP contribution in [0.4, 0.5) is 0 Å². The van der Waals surface area contributed by atoms with E-state index < -0.39 is 0 Å². The van der Waals surface area contributed by atoms with E-state index in [-0.39, 0.29) is 11.9 Å². The maximum Gasteiger partial charge on any atom is 0.305 e. The number of carbonyl (C=O) groups excluding carboxylic acids is 2. The summed E-state index contributed by atoms with van der Waals surface area (Å²) in [5, 5.41) is 0. The van der Waals surface area contributed by atoms with Gasteiger partial charge >= 0.3 is 11.9 Å². The minimum absolute atomic E-state index is 0.0942. The molecule has 29 heavy (non-hydrogen) atoms. The van der Waals surface area contributed by atoms with Gasteiger partial charge in [-0.15, -0.1) is 0 Å². The van der Waals surface area contributed by atoms with Crippen LogP contribution in [0.25, 0.3) is 0 Å². The van der Waals surface area contributed by atoms with Crippen LogP contribution >= 0.6 is 11.8 Å². The Morgan fingerprint density at radius 1 is 0.724 bits per heavy atom. The van der Waals surface area contributed by atoms with E-state index in [2.05, 4.69) is 19.1 Å². The van der Waals surface area contributed by atoms with Crippen LogP contribution in [0.2, 0.25) is 0 Å². The van der Waals surface area contributed by atoms with E-state index in [1.165, 1.54) is 77.6 Å². The minimum Gasteiger partial charge on any atom is -0.465 e. The summed E-state index contributed by atoms with van der Waals surface area (Å²) in [6, 6.07) is 0. The molecule has 0 N–H and O–H groups in total. The van der Waals surface area contributed by atoms with Gasteiger partial charge in [0.05, 0.1) is 0 Å². The van der Waals surface area contributed by atoms with Crippen LogP contribution in [0.5, 0.6) is 0 Å². The van der Waals surface area contributed by atoms with E-state index in [1.54, 1.807) is 11.8 Å². The average molecular weight is 429 g/mol. The highest BCUT2D eigenvalue weighted by Gasteiger charge is 2.02. The highest BCUT2D eigenvalue weighted by Crippen LogP contribution is 2.10. The fourth-order valence-electron chi connectivity index (χ4n) is 2.97. The zero-order chi connectivity index (χ0) is 21.4. The summed E-state index contributed by atoms with van der Waals surface area (Å²) >= 11 is 1.63. The second-order valence-corrected chi connectivity index (χ2v) is 8.73. The Hall–Kier alpha value is -0.970. The molecule has 0 aliphatic carbocycles. The third kappa shape index (κ3) is 25.0. The quantitative estimate of drug-likeness (QED) is 0.113. The van der Waals surface area contributed by atoms with Crippen molar-refractivity contribution in [1.29, 1.82) is 0 Å². The lowest BCUT2D eigenvalue weighted by molar-refractivity contribution is -0.143. The largest absolute Gasteiger partial charge is 0.465 e. The van der Waals surface area contributed by atoms with Crippen molar-refractivity contribution in [2.24, 2.45) is 0 Å². The van der Waals surface area contributed by atoms with Gasteiger partial charge in [0.1, 0.15) is 13.2 Å². The van der Waals surface area contributed by atoms with Gasteiger partial charge < -0.3 is 9.47 Å². The summed E-state index contributed by atoms with van der Waals surface area (Å²) in [6.45, 7) is 4.52. The molecule has 0 radical (unpaired) electrons. The number of hydrogen-bond donors (Lipinski definition) is 0. The van der Waals surface area contributed by atoms with E-state index in [0.29, 0.717) is 19.6 Å². The van der Waals surface area contributed by atoms with Crippen molar-refractivity contribution >= 4 is 23.7 Å². The molecule has 0 aromatic carbocycles. The first-order valence-corrected chi connectivity index (χ1v) is 12.8. The predicted octanol–water partition coefficient (Wildman–Crippen LogP) is 6.86. The van der Waals surface area contributed by atoms with Crippen LogP contribution in [0, 0.1) is 0 Å². The predicted molar refractivity (Wildman–Crippen MR) is 124 cm³/mol. The molecular formula is C24H44O4S. The van der Waals surface area contributed by atoms with E-state index in [0.717, 1.165) is 24.3 Å². The lowest BCUT2D eigenvalue weighted by atomic mass is 10.1. The molecule has 0 fully saturated rings. The Morgan fingerprint density at radius 3 is 1.83 bits per heavy atom. The minimum atomic E-state index is -0.253. The third-order valence-electron chi connectivity index (χ3n) is 4.67. The smallest absolute Gasteiger partial charge is 0.305 e. The van der Waals surface area contributed by atoms with Gasteiger partial charge in [-0.05, 0) is 32.1 Å². The molecular weight excluding hydrogens is 384 g/mol. The van der Waals surface area contributed by atoms with Gasteiger partial charge in [-0.3, -0.25) is 9.59 Å². The number of thioether (sulfide) groups is 1. The van der Waals surface area contributed by atoms with Crippen LogP contribution in [0.3, 0.4) is 0 Å². The lowest BCUT2D eigenvalue weighted by Gasteiger charge is -2.05. The summed E-state index contributed by atoms with van der Waals surface area (Å²) in [7, 11) is 0. The monoisotopic (exact) mass is 428 g/mol. The summed E-state index contributed by atoms with van der Waals surface area (Å²) < 4.78 is 10.0. The topological polar surface area (TPSA) is 52.6 Å². The Balaban J connectivity index is 3.22. The molecule has 0 saturated carbocycles. The Kier molecular flexibility index (Phi) is 22.5. The molecule has 4 nitrogen and oxygen atoms in total. The van der Waals surface area contributed by atoms with Crippen molar-refractivity contribution in [3.8, 4) is 0 Å². The summed E-state index contributed by atoms with van der Waals surface area (Å²) in [5.41, 5.74) is 0. The molecule has 170 valence electrons. The second kappa shape index (κ2) is 23.3. The molecule has 0 bridgehead atoms. The standard InChI is InChI=1S/C24H44O4S/c1-3-4-5-6-7-8-9-10-11-12-13-14-15-16-17-18-24(26)28-20-22-29-21-19-27-23(2)25/h10-11H,3-9,12-22H2,1-2H3. The van der Waals surface area contributed by atoms with Gasteiger partial charge in [0.2, 0.25) is 0 Å². The van der Waals surface area contributed by atoms with E-state index in [1.807, 2.05) is 0 Å². The number of unbranched alkanes of at least 4 members (excludes halogenated alkanes) is 11. The zero-order valence-electron chi connectivity index (χ0n) is 18.9. The Bertz CT molecular complexity index is 410. The SMILES string of the molecule is CCCCCCCCC=CCCCCCCCC(=O)OCCSCCOC(C)=O. The Labute approximate surface area is 183 Å². The highest BCUT2D eigenvalue weighted by molar-refractivity contribution is 7.99. The fourth-order valence-corrected chi connectivity index (χ4v) is 3.58. The van der Waals surface area contributed by atoms with Gasteiger partial charge in [0.15, 0.2) is 0 Å². The van der Waals surface area contributed by atoms with Crippen LogP contribution in [0.1, 0.15) is 104 Å². The van der Waals surface area contributed by atoms with Gasteiger partial charge in [0, 0.05) is 24.9 Å². The van der Waals surface area contributed by atoms with Crippen molar-refractivity contribution in [2.45, 2.75) is 104 Å². The summed E-state index contributed by atoms with van der Waals surface area (Å²) in [5.74, 6) is 1.14. The van der Waals surface area contributed by atoms with E-state index >= 15 is 0 Å². The van der Waals surface area contributed by atoms with Crippen molar-refractivity contribution < 1.29 is 19.1 Å². The molecule has 0 amide bonds. The molecule has 5 heteroatoms. The molecule has 0 aliphatic heterocycles. The molecule has 0 aliphatic rings. The van der Waals surface area contributed by atoms with Crippen molar-refractivity contribution in [2.75, 3.05) is 24.7 Å². The molecule has 0 unspecified atom stereocenters. The van der Waals surface area contributed by atoms with Crippen molar-refractivity contribution in [3.05, 3.63) is 12.2 Å². The molecule has 0 spiro atoms. The number of hydrogen-bond acceptors (Lipinski definition) is 5. The fraction of sp³-hybridized carbons (Fsp3) is 0.833. The molecule has 0 rings (SSSR count). The number of allylic oxidation sites excluding steroid dienone is 2. The van der Waals surface area contributed by atoms with Crippen LogP contribution < -0.4 is 0 Å². The van der Waals surface area contributed by atoms with Crippen LogP contribution in [0.15, 0.2) is 12.2 Å². The maximum atomic E-state index is 11.6. The summed E-state index contributed by atoms with van der Waals surface area (Å²) in [6.07, 6.45) is 21.6.